The number of rotatable bonds is 4. The van der Waals surface area contributed by atoms with Crippen LogP contribution >= 0.6 is 0 Å². The van der Waals surface area contributed by atoms with E-state index in [4.69, 9.17) is 5.73 Å². The molecule has 0 spiro atoms. The molecule has 1 aromatic heterocycles. The van der Waals surface area contributed by atoms with Crippen LogP contribution in [0.15, 0.2) is 42.6 Å². The molecule has 2 N–H and O–H groups in total. The summed E-state index contributed by atoms with van der Waals surface area (Å²) < 4.78 is 1.94. The molecule has 0 fully saturated rings. The molecule has 0 aliphatic heterocycles. The molecule has 0 radical (unpaired) electrons. The molecule has 1 aromatic carbocycles. The average molecular weight is 201 g/mol. The number of benzene rings is 1. The van der Waals surface area contributed by atoms with E-state index in [1.807, 2.05) is 23.0 Å². The van der Waals surface area contributed by atoms with Gasteiger partial charge in [0, 0.05) is 19.3 Å². The van der Waals surface area contributed by atoms with E-state index in [9.17, 15) is 0 Å². The lowest BCUT2D eigenvalue weighted by molar-refractivity contribution is 0.605. The van der Waals surface area contributed by atoms with Crippen molar-refractivity contribution in [1.29, 1.82) is 0 Å². The van der Waals surface area contributed by atoms with Crippen LogP contribution in [-0.2, 0) is 19.5 Å². The molecule has 0 saturated heterocycles. The Kier molecular flexibility index (Phi) is 3.15. The number of aryl methyl sites for hydroxylation is 2. The topological polar surface area (TPSA) is 43.8 Å². The van der Waals surface area contributed by atoms with Gasteiger partial charge in [-0.1, -0.05) is 30.3 Å². The maximum Gasteiger partial charge on any atom is 0.0760 e. The van der Waals surface area contributed by atoms with Crippen molar-refractivity contribution in [3.63, 3.8) is 0 Å². The van der Waals surface area contributed by atoms with E-state index in [-0.39, 0.29) is 0 Å². The molecule has 0 unspecified atom stereocenters. The van der Waals surface area contributed by atoms with Gasteiger partial charge in [-0.3, -0.25) is 4.68 Å². The van der Waals surface area contributed by atoms with Crippen LogP contribution in [0.5, 0.6) is 0 Å². The van der Waals surface area contributed by atoms with E-state index in [1.165, 1.54) is 5.56 Å². The minimum atomic E-state index is 0.512. The van der Waals surface area contributed by atoms with E-state index < -0.39 is 0 Å². The second-order valence-electron chi connectivity index (χ2n) is 3.51. The highest BCUT2D eigenvalue weighted by Crippen LogP contribution is 2.02. The SMILES string of the molecule is NCc1ccn(CCc2ccccc2)n1. The maximum atomic E-state index is 5.49. The van der Waals surface area contributed by atoms with E-state index in [1.54, 1.807) is 0 Å². The molecular formula is C12H15N3. The van der Waals surface area contributed by atoms with Crippen molar-refractivity contribution in [3.05, 3.63) is 53.9 Å². The summed E-state index contributed by atoms with van der Waals surface area (Å²) in [4.78, 5) is 0. The molecule has 0 aliphatic rings. The minimum Gasteiger partial charge on any atom is -0.325 e. The molecule has 78 valence electrons. The third-order valence-corrected chi connectivity index (χ3v) is 2.38. The van der Waals surface area contributed by atoms with E-state index >= 15 is 0 Å². The van der Waals surface area contributed by atoms with Crippen molar-refractivity contribution >= 4 is 0 Å². The van der Waals surface area contributed by atoms with Gasteiger partial charge in [-0.25, -0.2) is 0 Å². The van der Waals surface area contributed by atoms with Crippen LogP contribution in [0.25, 0.3) is 0 Å². The molecule has 0 saturated carbocycles. The van der Waals surface area contributed by atoms with Gasteiger partial charge in [-0.15, -0.1) is 0 Å². The van der Waals surface area contributed by atoms with Crippen LogP contribution in [0, 0.1) is 0 Å². The normalized spacial score (nSPS) is 10.5. The fourth-order valence-electron chi connectivity index (χ4n) is 1.53. The second-order valence-corrected chi connectivity index (χ2v) is 3.51. The summed E-state index contributed by atoms with van der Waals surface area (Å²) >= 11 is 0. The molecule has 0 amide bonds. The third-order valence-electron chi connectivity index (χ3n) is 2.38. The Balaban J connectivity index is 1.93. The lowest BCUT2D eigenvalue weighted by Crippen LogP contribution is -2.04. The Morgan fingerprint density at radius 2 is 1.93 bits per heavy atom. The van der Waals surface area contributed by atoms with E-state index in [0.29, 0.717) is 6.54 Å². The number of nitrogens with zero attached hydrogens (tertiary/aromatic N) is 2. The van der Waals surface area contributed by atoms with Crippen LogP contribution in [0.3, 0.4) is 0 Å². The molecule has 0 aliphatic carbocycles. The van der Waals surface area contributed by atoms with Crippen molar-refractivity contribution in [2.75, 3.05) is 0 Å². The first-order chi connectivity index (χ1) is 7.38. The summed E-state index contributed by atoms with van der Waals surface area (Å²) in [5, 5.41) is 4.34. The predicted octanol–water partition coefficient (Wildman–Crippen LogP) is 1.58. The predicted molar refractivity (Wildman–Crippen MR) is 60.3 cm³/mol. The summed E-state index contributed by atoms with van der Waals surface area (Å²) in [6.07, 6.45) is 2.98. The van der Waals surface area contributed by atoms with Gasteiger partial charge in [0.15, 0.2) is 0 Å². The first-order valence-electron chi connectivity index (χ1n) is 5.15. The van der Waals surface area contributed by atoms with Gasteiger partial charge in [-0.05, 0) is 18.1 Å². The second kappa shape index (κ2) is 4.75. The molecule has 15 heavy (non-hydrogen) atoms. The van der Waals surface area contributed by atoms with Gasteiger partial charge >= 0.3 is 0 Å². The van der Waals surface area contributed by atoms with Crippen LogP contribution in [-0.4, -0.2) is 9.78 Å². The molecule has 3 heteroatoms. The first-order valence-corrected chi connectivity index (χ1v) is 5.15. The molecule has 2 aromatic rings. The highest BCUT2D eigenvalue weighted by atomic mass is 15.3. The number of hydrogen-bond donors (Lipinski definition) is 1. The first kappa shape index (κ1) is 9.93. The summed E-state index contributed by atoms with van der Waals surface area (Å²) in [5.41, 5.74) is 7.78. The fraction of sp³-hybridized carbons (Fsp3) is 0.250. The smallest absolute Gasteiger partial charge is 0.0760 e. The highest BCUT2D eigenvalue weighted by Gasteiger charge is 1.97. The maximum absolute atomic E-state index is 5.49. The Bertz CT molecular complexity index is 406. The van der Waals surface area contributed by atoms with Gasteiger partial charge in [0.1, 0.15) is 0 Å². The van der Waals surface area contributed by atoms with Gasteiger partial charge in [-0.2, -0.15) is 5.10 Å². The van der Waals surface area contributed by atoms with Gasteiger partial charge in [0.2, 0.25) is 0 Å². The standard InChI is InChI=1S/C12H15N3/c13-10-12-7-9-15(14-12)8-6-11-4-2-1-3-5-11/h1-5,7,9H,6,8,10,13H2. The van der Waals surface area contributed by atoms with Crippen LogP contribution in [0.4, 0.5) is 0 Å². The zero-order valence-electron chi connectivity index (χ0n) is 8.63. The quantitative estimate of drug-likeness (QED) is 0.816. The van der Waals surface area contributed by atoms with Crippen LogP contribution < -0.4 is 5.73 Å². The molecular weight excluding hydrogens is 186 g/mol. The molecule has 3 nitrogen and oxygen atoms in total. The third kappa shape index (κ3) is 2.67. The largest absolute Gasteiger partial charge is 0.325 e. The van der Waals surface area contributed by atoms with Gasteiger partial charge < -0.3 is 5.73 Å². The van der Waals surface area contributed by atoms with Gasteiger partial charge in [0.25, 0.3) is 0 Å². The van der Waals surface area contributed by atoms with E-state index in [2.05, 4.69) is 29.4 Å². The number of nitrogens with two attached hydrogens (primary N) is 1. The summed E-state index contributed by atoms with van der Waals surface area (Å²) in [6, 6.07) is 12.4. The monoisotopic (exact) mass is 201 g/mol. The summed E-state index contributed by atoms with van der Waals surface area (Å²) in [7, 11) is 0. The van der Waals surface area contributed by atoms with Crippen LogP contribution in [0.2, 0.25) is 0 Å². The zero-order valence-corrected chi connectivity index (χ0v) is 8.63. The molecule has 2 rings (SSSR count). The molecule has 1 heterocycles. The minimum absolute atomic E-state index is 0.512. The van der Waals surface area contributed by atoms with Crippen molar-refractivity contribution < 1.29 is 0 Å². The van der Waals surface area contributed by atoms with E-state index in [0.717, 1.165) is 18.7 Å². The fourth-order valence-corrected chi connectivity index (χ4v) is 1.53. The van der Waals surface area contributed by atoms with Crippen molar-refractivity contribution in [2.24, 2.45) is 5.73 Å². The lowest BCUT2D eigenvalue weighted by Gasteiger charge is -2.01. The van der Waals surface area contributed by atoms with Crippen LogP contribution in [0.1, 0.15) is 11.3 Å². The van der Waals surface area contributed by atoms with Crippen molar-refractivity contribution in [1.82, 2.24) is 9.78 Å². The molecule has 0 bridgehead atoms. The Morgan fingerprint density at radius 3 is 2.60 bits per heavy atom. The Morgan fingerprint density at radius 1 is 1.13 bits per heavy atom. The van der Waals surface area contributed by atoms with Crippen molar-refractivity contribution in [3.8, 4) is 0 Å². The van der Waals surface area contributed by atoms with Crippen molar-refractivity contribution in [2.45, 2.75) is 19.5 Å². The lowest BCUT2D eigenvalue weighted by atomic mass is 10.2. The summed E-state index contributed by atoms with van der Waals surface area (Å²) in [6.45, 7) is 1.42. The molecule has 0 atom stereocenters. The number of aromatic nitrogens is 2. The summed E-state index contributed by atoms with van der Waals surface area (Å²) in [5.74, 6) is 0. The van der Waals surface area contributed by atoms with Gasteiger partial charge in [0.05, 0.1) is 5.69 Å². The highest BCUT2D eigenvalue weighted by molar-refractivity contribution is 5.14. The number of hydrogen-bond acceptors (Lipinski definition) is 2. The average Bonchev–Trinajstić information content (AvgIpc) is 2.76. The zero-order chi connectivity index (χ0) is 10.5. The Labute approximate surface area is 89.5 Å². The Hall–Kier alpha value is -1.61.